The third kappa shape index (κ3) is 6.92. The van der Waals surface area contributed by atoms with Gasteiger partial charge in [-0.1, -0.05) is 100 Å². The highest BCUT2D eigenvalue weighted by atomic mass is 35.5. The molecule has 0 radical (unpaired) electrons. The molecule has 1 unspecified atom stereocenters. The second-order valence-corrected chi connectivity index (χ2v) is 13.3. The van der Waals surface area contributed by atoms with Crippen molar-refractivity contribution in [2.24, 2.45) is 0 Å². The minimum absolute atomic E-state index is 0.0543. The Kier molecular flexibility index (Phi) is 9.23. The van der Waals surface area contributed by atoms with Crippen molar-refractivity contribution >= 4 is 68.9 Å². The van der Waals surface area contributed by atoms with Gasteiger partial charge >= 0.3 is 5.91 Å². The summed E-state index contributed by atoms with van der Waals surface area (Å²) in [5.41, 5.74) is 4.13. The van der Waals surface area contributed by atoms with Crippen LogP contribution in [-0.4, -0.2) is 27.0 Å². The topological polar surface area (TPSA) is 92.6 Å². The number of Topliss-reactive ketones (excluding diaryl/α,β-unsaturated/α-hetero) is 1. The summed E-state index contributed by atoms with van der Waals surface area (Å²) in [5, 5.41) is 21.4. The van der Waals surface area contributed by atoms with E-state index in [1.165, 1.54) is 28.0 Å². The molecule has 1 amide bonds. The van der Waals surface area contributed by atoms with Gasteiger partial charge in [0, 0.05) is 21.4 Å². The zero-order valence-electron chi connectivity index (χ0n) is 23.8. The lowest BCUT2D eigenvalue weighted by Crippen LogP contribution is -2.29. The first-order valence-corrected chi connectivity index (χ1v) is 16.4. The lowest BCUT2D eigenvalue weighted by atomic mass is 9.95. The van der Waals surface area contributed by atoms with Gasteiger partial charge in [-0.05, 0) is 72.1 Å². The lowest BCUT2D eigenvalue weighted by molar-refractivity contribution is -0.132. The van der Waals surface area contributed by atoms with Crippen molar-refractivity contribution in [1.82, 2.24) is 10.2 Å². The maximum absolute atomic E-state index is 13.5. The number of halogens is 2. The summed E-state index contributed by atoms with van der Waals surface area (Å²) in [7, 11) is 0. The number of aryl methyl sites for hydroxylation is 1. The van der Waals surface area contributed by atoms with E-state index < -0.39 is 17.7 Å². The largest absolute Gasteiger partial charge is 0.507 e. The molecule has 0 spiro atoms. The first kappa shape index (κ1) is 30.9. The van der Waals surface area contributed by atoms with Crippen LogP contribution in [0.5, 0.6) is 5.75 Å². The molecule has 45 heavy (non-hydrogen) atoms. The van der Waals surface area contributed by atoms with E-state index in [9.17, 15) is 14.7 Å². The number of nitrogens with zero attached hydrogens (tertiary/aromatic N) is 3. The molecule has 226 valence electrons. The van der Waals surface area contributed by atoms with E-state index in [1.807, 2.05) is 49.4 Å². The van der Waals surface area contributed by atoms with Gasteiger partial charge in [-0.2, -0.15) is 0 Å². The number of anilines is 1. The fourth-order valence-electron chi connectivity index (χ4n) is 4.91. The van der Waals surface area contributed by atoms with Crippen molar-refractivity contribution in [3.05, 3.63) is 140 Å². The average Bonchev–Trinajstić information content (AvgIpc) is 3.62. The molecule has 1 aliphatic rings. The fraction of sp³-hybridized carbons (Fsp3) is 0.118. The van der Waals surface area contributed by atoms with Gasteiger partial charge in [0.15, 0.2) is 4.34 Å². The normalized spacial score (nSPS) is 15.9. The molecule has 1 aliphatic heterocycles. The summed E-state index contributed by atoms with van der Waals surface area (Å²) >= 11 is 14.8. The maximum Gasteiger partial charge on any atom is 0.301 e. The van der Waals surface area contributed by atoms with E-state index in [0.29, 0.717) is 43.6 Å². The molecule has 1 aromatic heterocycles. The molecule has 0 aliphatic carbocycles. The van der Waals surface area contributed by atoms with Gasteiger partial charge in [-0.25, -0.2) is 0 Å². The van der Waals surface area contributed by atoms with Crippen LogP contribution in [0.25, 0.3) is 5.76 Å². The smallest absolute Gasteiger partial charge is 0.301 e. The van der Waals surface area contributed by atoms with Crippen molar-refractivity contribution in [1.29, 1.82) is 0 Å². The molecule has 1 saturated heterocycles. The number of ketones is 1. The Morgan fingerprint density at radius 2 is 1.60 bits per heavy atom. The second-order valence-electron chi connectivity index (χ2n) is 10.3. The number of rotatable bonds is 9. The van der Waals surface area contributed by atoms with Gasteiger partial charge in [-0.3, -0.25) is 14.5 Å². The number of benzene rings is 4. The second kappa shape index (κ2) is 13.5. The van der Waals surface area contributed by atoms with Crippen molar-refractivity contribution in [3.8, 4) is 5.75 Å². The Labute approximate surface area is 278 Å². The molecule has 0 saturated carbocycles. The summed E-state index contributed by atoms with van der Waals surface area (Å²) in [6.45, 7) is 2.41. The van der Waals surface area contributed by atoms with Crippen molar-refractivity contribution in [2.45, 2.75) is 29.7 Å². The molecule has 4 aromatic carbocycles. The third-order valence-electron chi connectivity index (χ3n) is 7.12. The molecule has 6 rings (SSSR count). The molecular weight excluding hydrogens is 649 g/mol. The molecular formula is C34H25Cl2N3O4S2. The van der Waals surface area contributed by atoms with E-state index >= 15 is 0 Å². The van der Waals surface area contributed by atoms with Gasteiger partial charge in [0.25, 0.3) is 5.78 Å². The zero-order valence-corrected chi connectivity index (χ0v) is 27.0. The Balaban J connectivity index is 1.29. The molecule has 7 nitrogen and oxygen atoms in total. The Morgan fingerprint density at radius 3 is 2.29 bits per heavy atom. The molecule has 5 aromatic rings. The molecule has 1 atom stereocenters. The monoisotopic (exact) mass is 673 g/mol. The zero-order chi connectivity index (χ0) is 31.5. The quantitative estimate of drug-likeness (QED) is 0.0550. The molecule has 11 heteroatoms. The van der Waals surface area contributed by atoms with E-state index in [-0.39, 0.29) is 16.5 Å². The number of ether oxygens (including phenoxy) is 1. The Bertz CT molecular complexity index is 1890. The summed E-state index contributed by atoms with van der Waals surface area (Å²) in [6, 6.07) is 28.1. The minimum atomic E-state index is -0.943. The number of thioether (sulfide) groups is 1. The van der Waals surface area contributed by atoms with Gasteiger partial charge in [-0.15, -0.1) is 10.2 Å². The number of aliphatic hydroxyl groups is 1. The predicted molar refractivity (Wildman–Crippen MR) is 179 cm³/mol. The van der Waals surface area contributed by atoms with Crippen LogP contribution >= 0.6 is 46.3 Å². The van der Waals surface area contributed by atoms with Crippen molar-refractivity contribution < 1.29 is 19.4 Å². The number of aliphatic hydroxyl groups excluding tert-OH is 1. The molecule has 1 fully saturated rings. The van der Waals surface area contributed by atoms with Crippen LogP contribution in [0.2, 0.25) is 10.0 Å². The van der Waals surface area contributed by atoms with E-state index in [1.54, 1.807) is 48.5 Å². The van der Waals surface area contributed by atoms with Gasteiger partial charge in [0.05, 0.1) is 11.6 Å². The van der Waals surface area contributed by atoms with Gasteiger partial charge < -0.3 is 9.84 Å². The highest BCUT2D eigenvalue weighted by Gasteiger charge is 2.48. The number of carbonyl (C=O) groups is 2. The van der Waals surface area contributed by atoms with E-state index in [0.717, 1.165) is 16.7 Å². The first-order valence-electron chi connectivity index (χ1n) is 13.8. The number of amides is 1. The standard InChI is InChI=1S/C34H25Cl2N3O4S2/c1-20-3-2-4-22(17-20)18-43-27-15-9-24(10-16-27)30(40)28-29(23-7-13-26(36)14-8-23)39(32(42)31(28)41)33-37-38-34(45-33)44-19-21-5-11-25(35)12-6-21/h2-17,29,40H,18-19H2,1H3/b30-28+. The summed E-state index contributed by atoms with van der Waals surface area (Å²) in [5.74, 6) is -0.712. The Hall–Kier alpha value is -4.15. The van der Waals surface area contributed by atoms with Crippen LogP contribution in [0.3, 0.4) is 0 Å². The van der Waals surface area contributed by atoms with Gasteiger partial charge in [0.1, 0.15) is 18.1 Å². The number of hydrogen-bond donors (Lipinski definition) is 1. The average molecular weight is 675 g/mol. The van der Waals surface area contributed by atoms with Crippen molar-refractivity contribution in [2.75, 3.05) is 4.90 Å². The highest BCUT2D eigenvalue weighted by Crippen LogP contribution is 2.44. The Morgan fingerprint density at radius 1 is 0.911 bits per heavy atom. The SMILES string of the molecule is Cc1cccc(COc2ccc(/C(O)=C3\C(=O)C(=O)N(c4nnc(SCc5ccc(Cl)cc5)s4)C3c3ccc(Cl)cc3)cc2)c1. The molecule has 1 N–H and O–H groups in total. The van der Waals surface area contributed by atoms with E-state index in [2.05, 4.69) is 16.3 Å². The molecule has 0 bridgehead atoms. The minimum Gasteiger partial charge on any atom is -0.507 e. The summed E-state index contributed by atoms with van der Waals surface area (Å²) in [6.07, 6.45) is 0. The summed E-state index contributed by atoms with van der Waals surface area (Å²) < 4.78 is 6.54. The fourth-order valence-corrected chi connectivity index (χ4v) is 6.98. The number of carbonyl (C=O) groups excluding carboxylic acids is 2. The maximum atomic E-state index is 13.5. The third-order valence-corrected chi connectivity index (χ3v) is 9.75. The van der Waals surface area contributed by atoms with Crippen LogP contribution in [0.15, 0.2) is 107 Å². The predicted octanol–water partition coefficient (Wildman–Crippen LogP) is 8.65. The highest BCUT2D eigenvalue weighted by molar-refractivity contribution is 8.00. The van der Waals surface area contributed by atoms with Crippen LogP contribution in [0.4, 0.5) is 5.13 Å². The van der Waals surface area contributed by atoms with E-state index in [4.69, 9.17) is 27.9 Å². The number of aromatic nitrogens is 2. The number of hydrogen-bond acceptors (Lipinski definition) is 8. The van der Waals surface area contributed by atoms with Crippen LogP contribution in [-0.2, 0) is 21.9 Å². The lowest BCUT2D eigenvalue weighted by Gasteiger charge is -2.22. The summed E-state index contributed by atoms with van der Waals surface area (Å²) in [4.78, 5) is 28.4. The first-order chi connectivity index (χ1) is 21.8. The van der Waals surface area contributed by atoms with Crippen LogP contribution in [0.1, 0.15) is 33.9 Å². The van der Waals surface area contributed by atoms with Crippen molar-refractivity contribution in [3.63, 3.8) is 0 Å². The van der Waals surface area contributed by atoms with Gasteiger partial charge in [0.2, 0.25) is 5.13 Å². The molecule has 2 heterocycles. The van der Waals surface area contributed by atoms with Crippen LogP contribution < -0.4 is 9.64 Å². The van der Waals surface area contributed by atoms with Crippen LogP contribution in [0, 0.1) is 6.92 Å².